The average Bonchev–Trinajstić information content (AvgIpc) is 3.04. The van der Waals surface area contributed by atoms with Gasteiger partial charge in [0.1, 0.15) is 0 Å². The van der Waals surface area contributed by atoms with Gasteiger partial charge in [-0.1, -0.05) is 12.1 Å². The molecule has 0 amide bonds. The Bertz CT molecular complexity index is 855. The SMILES string of the molecule is O=C(O)C1CCCN(c2nc3ccccc3n3cccc23)C1. The second kappa shape index (κ2) is 5.02. The van der Waals surface area contributed by atoms with Crippen molar-refractivity contribution in [3.05, 3.63) is 42.6 Å². The lowest BCUT2D eigenvalue weighted by molar-refractivity contribution is -0.141. The van der Waals surface area contributed by atoms with Crippen molar-refractivity contribution in [2.75, 3.05) is 18.0 Å². The number of aromatic nitrogens is 2. The molecule has 1 fully saturated rings. The predicted octanol–water partition coefficient (Wildman–Crippen LogP) is 2.79. The Kier molecular flexibility index (Phi) is 2.99. The van der Waals surface area contributed by atoms with Gasteiger partial charge in [-0.05, 0) is 37.1 Å². The van der Waals surface area contributed by atoms with E-state index in [0.717, 1.165) is 41.8 Å². The molecule has 0 bridgehead atoms. The molecule has 0 radical (unpaired) electrons. The number of piperidine rings is 1. The molecule has 4 rings (SSSR count). The molecule has 3 aromatic rings. The summed E-state index contributed by atoms with van der Waals surface area (Å²) in [5.41, 5.74) is 3.03. The van der Waals surface area contributed by atoms with Crippen molar-refractivity contribution in [1.82, 2.24) is 9.38 Å². The highest BCUT2D eigenvalue weighted by Gasteiger charge is 2.27. The van der Waals surface area contributed by atoms with Gasteiger partial charge in [-0.15, -0.1) is 0 Å². The van der Waals surface area contributed by atoms with E-state index in [1.54, 1.807) is 0 Å². The molecule has 0 saturated carbocycles. The van der Waals surface area contributed by atoms with Crippen LogP contribution >= 0.6 is 0 Å². The quantitative estimate of drug-likeness (QED) is 0.790. The van der Waals surface area contributed by atoms with Crippen molar-refractivity contribution >= 4 is 28.3 Å². The van der Waals surface area contributed by atoms with E-state index in [1.165, 1.54) is 0 Å². The molecule has 2 aromatic heterocycles. The molecule has 5 nitrogen and oxygen atoms in total. The topological polar surface area (TPSA) is 57.8 Å². The van der Waals surface area contributed by atoms with Crippen molar-refractivity contribution in [2.45, 2.75) is 12.8 Å². The molecule has 1 aliphatic heterocycles. The summed E-state index contributed by atoms with van der Waals surface area (Å²) in [6, 6.07) is 12.1. The summed E-state index contributed by atoms with van der Waals surface area (Å²) in [6.07, 6.45) is 3.66. The van der Waals surface area contributed by atoms with Crippen molar-refractivity contribution in [2.24, 2.45) is 5.92 Å². The number of nitrogens with zero attached hydrogens (tertiary/aromatic N) is 3. The Labute approximate surface area is 127 Å². The van der Waals surface area contributed by atoms with Gasteiger partial charge in [0.05, 0.1) is 22.5 Å². The van der Waals surface area contributed by atoms with Gasteiger partial charge < -0.3 is 14.4 Å². The van der Waals surface area contributed by atoms with E-state index in [0.29, 0.717) is 6.54 Å². The minimum Gasteiger partial charge on any atom is -0.481 e. The Morgan fingerprint density at radius 3 is 2.86 bits per heavy atom. The van der Waals surface area contributed by atoms with Crippen LogP contribution in [0.15, 0.2) is 42.6 Å². The number of anilines is 1. The third kappa shape index (κ3) is 2.01. The lowest BCUT2D eigenvalue weighted by Gasteiger charge is -2.32. The van der Waals surface area contributed by atoms with Crippen LogP contribution in [0.1, 0.15) is 12.8 Å². The monoisotopic (exact) mass is 295 g/mol. The Hall–Kier alpha value is -2.56. The van der Waals surface area contributed by atoms with E-state index in [4.69, 9.17) is 4.98 Å². The molecule has 1 unspecified atom stereocenters. The predicted molar refractivity (Wildman–Crippen MR) is 85.3 cm³/mol. The number of fused-ring (bicyclic) bond motifs is 3. The van der Waals surface area contributed by atoms with Gasteiger partial charge in [-0.3, -0.25) is 4.79 Å². The van der Waals surface area contributed by atoms with Gasteiger partial charge >= 0.3 is 5.97 Å². The molecular formula is C17H17N3O2. The number of benzene rings is 1. The molecule has 1 aliphatic rings. The van der Waals surface area contributed by atoms with Gasteiger partial charge in [-0.2, -0.15) is 0 Å². The first-order valence-corrected chi connectivity index (χ1v) is 7.57. The van der Waals surface area contributed by atoms with Gasteiger partial charge in [0.15, 0.2) is 5.82 Å². The molecule has 1 N–H and O–H groups in total. The fourth-order valence-electron chi connectivity index (χ4n) is 3.31. The molecular weight excluding hydrogens is 278 g/mol. The molecule has 0 aliphatic carbocycles. The normalized spacial score (nSPS) is 18.9. The van der Waals surface area contributed by atoms with E-state index in [-0.39, 0.29) is 5.92 Å². The van der Waals surface area contributed by atoms with Crippen LogP contribution in [0.3, 0.4) is 0 Å². The van der Waals surface area contributed by atoms with Crippen molar-refractivity contribution in [3.8, 4) is 0 Å². The number of carboxylic acid groups (broad SMARTS) is 1. The number of hydrogen-bond donors (Lipinski definition) is 1. The summed E-state index contributed by atoms with van der Waals surface area (Å²) in [4.78, 5) is 18.2. The lowest BCUT2D eigenvalue weighted by atomic mass is 9.98. The van der Waals surface area contributed by atoms with Gasteiger partial charge in [0, 0.05) is 19.3 Å². The Morgan fingerprint density at radius 2 is 2.00 bits per heavy atom. The maximum atomic E-state index is 11.3. The fourth-order valence-corrected chi connectivity index (χ4v) is 3.31. The zero-order valence-electron chi connectivity index (χ0n) is 12.1. The number of hydrogen-bond acceptors (Lipinski definition) is 3. The molecule has 1 aromatic carbocycles. The first kappa shape index (κ1) is 13.1. The van der Waals surface area contributed by atoms with Crippen LogP contribution in [0, 0.1) is 5.92 Å². The van der Waals surface area contributed by atoms with Crippen LogP contribution in [-0.4, -0.2) is 33.6 Å². The number of para-hydroxylation sites is 2. The van der Waals surface area contributed by atoms with Crippen LogP contribution in [0.5, 0.6) is 0 Å². The average molecular weight is 295 g/mol. The summed E-state index contributed by atoms with van der Waals surface area (Å²) in [5.74, 6) is -0.136. The fraction of sp³-hybridized carbons (Fsp3) is 0.294. The molecule has 5 heteroatoms. The van der Waals surface area contributed by atoms with E-state index in [9.17, 15) is 9.90 Å². The molecule has 1 saturated heterocycles. The highest BCUT2D eigenvalue weighted by Crippen LogP contribution is 2.28. The standard InChI is InChI=1S/C17H17N3O2/c21-17(22)12-5-3-9-19(11-12)16-15-8-4-10-20(15)14-7-2-1-6-13(14)18-16/h1-2,4,6-8,10,12H,3,5,9,11H2,(H,21,22). The second-order valence-electron chi connectivity index (χ2n) is 5.81. The summed E-state index contributed by atoms with van der Waals surface area (Å²) in [7, 11) is 0. The van der Waals surface area contributed by atoms with Crippen LogP contribution in [0.2, 0.25) is 0 Å². The molecule has 1 atom stereocenters. The minimum absolute atomic E-state index is 0.308. The smallest absolute Gasteiger partial charge is 0.308 e. The lowest BCUT2D eigenvalue weighted by Crippen LogP contribution is -2.39. The van der Waals surface area contributed by atoms with Crippen molar-refractivity contribution in [1.29, 1.82) is 0 Å². The number of carboxylic acids is 1. The van der Waals surface area contributed by atoms with Gasteiger partial charge in [0.2, 0.25) is 0 Å². The first-order valence-electron chi connectivity index (χ1n) is 7.57. The third-order valence-corrected chi connectivity index (χ3v) is 4.42. The van der Waals surface area contributed by atoms with Crippen LogP contribution in [-0.2, 0) is 4.79 Å². The molecule has 112 valence electrons. The van der Waals surface area contributed by atoms with Crippen molar-refractivity contribution < 1.29 is 9.90 Å². The minimum atomic E-state index is -0.711. The van der Waals surface area contributed by atoms with Gasteiger partial charge in [-0.25, -0.2) is 4.98 Å². The summed E-state index contributed by atoms with van der Waals surface area (Å²) < 4.78 is 2.13. The number of rotatable bonds is 2. The highest BCUT2D eigenvalue weighted by atomic mass is 16.4. The largest absolute Gasteiger partial charge is 0.481 e. The summed E-state index contributed by atoms with van der Waals surface area (Å²) in [5, 5.41) is 9.30. The summed E-state index contributed by atoms with van der Waals surface area (Å²) >= 11 is 0. The maximum absolute atomic E-state index is 11.3. The van der Waals surface area contributed by atoms with Crippen LogP contribution < -0.4 is 4.90 Å². The zero-order chi connectivity index (χ0) is 15.1. The van der Waals surface area contributed by atoms with Crippen molar-refractivity contribution in [3.63, 3.8) is 0 Å². The van der Waals surface area contributed by atoms with Crippen LogP contribution in [0.25, 0.3) is 16.6 Å². The highest BCUT2D eigenvalue weighted by molar-refractivity contribution is 5.85. The van der Waals surface area contributed by atoms with E-state index >= 15 is 0 Å². The molecule has 3 heterocycles. The molecule has 22 heavy (non-hydrogen) atoms. The first-order chi connectivity index (χ1) is 10.7. The second-order valence-corrected chi connectivity index (χ2v) is 5.81. The number of carbonyl (C=O) groups is 1. The number of aliphatic carboxylic acids is 1. The zero-order valence-corrected chi connectivity index (χ0v) is 12.1. The summed E-state index contributed by atoms with van der Waals surface area (Å²) in [6.45, 7) is 1.39. The maximum Gasteiger partial charge on any atom is 0.308 e. The Balaban J connectivity index is 1.86. The Morgan fingerprint density at radius 1 is 1.18 bits per heavy atom. The van der Waals surface area contributed by atoms with E-state index < -0.39 is 5.97 Å². The van der Waals surface area contributed by atoms with E-state index in [2.05, 4.69) is 15.4 Å². The third-order valence-electron chi connectivity index (χ3n) is 4.42. The molecule has 0 spiro atoms. The van der Waals surface area contributed by atoms with E-state index in [1.807, 2.05) is 36.5 Å². The van der Waals surface area contributed by atoms with Gasteiger partial charge in [0.25, 0.3) is 0 Å². The van der Waals surface area contributed by atoms with Crippen LogP contribution in [0.4, 0.5) is 5.82 Å².